The molecule has 2 aromatic carbocycles. The van der Waals surface area contributed by atoms with Crippen LogP contribution in [-0.2, 0) is 7.05 Å². The van der Waals surface area contributed by atoms with E-state index in [0.717, 1.165) is 16.6 Å². The molecule has 3 rings (SSSR count). The Hall–Kier alpha value is -3.70. The molecule has 0 spiro atoms. The summed E-state index contributed by atoms with van der Waals surface area (Å²) in [5.41, 5.74) is 3.11. The molecule has 27 heavy (non-hydrogen) atoms. The third kappa shape index (κ3) is 3.78. The minimum atomic E-state index is 0.165. The van der Waals surface area contributed by atoms with Crippen molar-refractivity contribution >= 4 is 22.7 Å². The summed E-state index contributed by atoms with van der Waals surface area (Å²) >= 11 is 0. The van der Waals surface area contributed by atoms with E-state index >= 15 is 0 Å². The van der Waals surface area contributed by atoms with Crippen LogP contribution in [0.4, 0.5) is 0 Å². The van der Waals surface area contributed by atoms with Crippen molar-refractivity contribution in [3.05, 3.63) is 53.9 Å². The first-order valence-electron chi connectivity index (χ1n) is 8.54. The van der Waals surface area contributed by atoms with Crippen molar-refractivity contribution in [1.29, 1.82) is 5.26 Å². The number of terminal acetylenes is 1. The summed E-state index contributed by atoms with van der Waals surface area (Å²) in [4.78, 5) is 4.59. The van der Waals surface area contributed by atoms with Gasteiger partial charge in [0.2, 0.25) is 0 Å². The van der Waals surface area contributed by atoms with Gasteiger partial charge in [-0.2, -0.15) is 5.26 Å². The highest BCUT2D eigenvalue weighted by Crippen LogP contribution is 2.30. The predicted octanol–water partition coefficient (Wildman–Crippen LogP) is 4.05. The lowest BCUT2D eigenvalue weighted by atomic mass is 10.1. The van der Waals surface area contributed by atoms with E-state index in [1.165, 1.54) is 0 Å². The quantitative estimate of drug-likeness (QED) is 0.493. The number of allylic oxidation sites excluding steroid dienone is 1. The van der Waals surface area contributed by atoms with E-state index < -0.39 is 0 Å². The lowest BCUT2D eigenvalue weighted by Gasteiger charge is -2.11. The van der Waals surface area contributed by atoms with E-state index in [9.17, 15) is 5.26 Å². The van der Waals surface area contributed by atoms with Gasteiger partial charge >= 0.3 is 0 Å². The van der Waals surface area contributed by atoms with E-state index in [1.807, 2.05) is 54.9 Å². The van der Waals surface area contributed by atoms with Gasteiger partial charge in [-0.3, -0.25) is 0 Å². The van der Waals surface area contributed by atoms with Gasteiger partial charge in [-0.25, -0.2) is 4.98 Å². The molecule has 1 aromatic heterocycles. The third-order valence-corrected chi connectivity index (χ3v) is 4.04. The summed E-state index contributed by atoms with van der Waals surface area (Å²) in [6.07, 6.45) is 7.04. The van der Waals surface area contributed by atoms with Crippen molar-refractivity contribution in [3.63, 3.8) is 0 Å². The first-order chi connectivity index (χ1) is 13.2. The Labute approximate surface area is 158 Å². The Morgan fingerprint density at radius 2 is 2.04 bits per heavy atom. The van der Waals surface area contributed by atoms with Gasteiger partial charge in [0.15, 0.2) is 17.3 Å². The van der Waals surface area contributed by atoms with Gasteiger partial charge in [0, 0.05) is 7.05 Å². The zero-order chi connectivity index (χ0) is 19.2. The van der Waals surface area contributed by atoms with Crippen molar-refractivity contribution in [2.75, 3.05) is 13.2 Å². The standard InChI is InChI=1S/C22H19N3O2/c1-4-12-27-20-11-10-16(14-21(20)26-5-2)13-17(15-23)22-24-18-8-6-7-9-19(18)25(22)3/h1,6-11,13-14H,5,12H2,2-3H3. The zero-order valence-corrected chi connectivity index (χ0v) is 15.3. The number of hydrogen-bond donors (Lipinski definition) is 0. The molecule has 3 aromatic rings. The molecule has 0 unspecified atom stereocenters. The number of hydrogen-bond acceptors (Lipinski definition) is 4. The molecule has 0 saturated carbocycles. The minimum absolute atomic E-state index is 0.165. The Balaban J connectivity index is 2.02. The summed E-state index contributed by atoms with van der Waals surface area (Å²) in [6.45, 7) is 2.56. The lowest BCUT2D eigenvalue weighted by molar-refractivity contribution is 0.299. The van der Waals surface area contributed by atoms with Crippen LogP contribution in [0.15, 0.2) is 42.5 Å². The van der Waals surface area contributed by atoms with Crippen LogP contribution < -0.4 is 9.47 Å². The number of nitriles is 1. The third-order valence-electron chi connectivity index (χ3n) is 4.04. The number of para-hydroxylation sites is 2. The van der Waals surface area contributed by atoms with Crippen LogP contribution in [0.3, 0.4) is 0 Å². The molecular formula is C22H19N3O2. The van der Waals surface area contributed by atoms with E-state index in [0.29, 0.717) is 29.5 Å². The maximum atomic E-state index is 9.68. The first kappa shape index (κ1) is 18.1. The van der Waals surface area contributed by atoms with Gasteiger partial charge in [-0.15, -0.1) is 6.42 Å². The normalized spacial score (nSPS) is 11.0. The van der Waals surface area contributed by atoms with Crippen molar-refractivity contribution in [2.24, 2.45) is 7.05 Å². The van der Waals surface area contributed by atoms with Gasteiger partial charge in [0.05, 0.1) is 23.2 Å². The molecule has 0 fully saturated rings. The first-order valence-corrected chi connectivity index (χ1v) is 8.54. The molecule has 0 aliphatic rings. The highest BCUT2D eigenvalue weighted by Gasteiger charge is 2.13. The SMILES string of the molecule is C#CCOc1ccc(C=C(C#N)c2nc3ccccc3n2C)cc1OCC. The summed E-state index contributed by atoms with van der Waals surface area (Å²) in [7, 11) is 1.90. The monoisotopic (exact) mass is 357 g/mol. The van der Waals surface area contributed by atoms with E-state index in [2.05, 4.69) is 17.0 Å². The molecule has 134 valence electrons. The summed E-state index contributed by atoms with van der Waals surface area (Å²) in [5, 5.41) is 9.68. The van der Waals surface area contributed by atoms with Gasteiger partial charge in [-0.05, 0) is 42.8 Å². The van der Waals surface area contributed by atoms with Crippen LogP contribution in [0.1, 0.15) is 18.3 Å². The Morgan fingerprint density at radius 1 is 1.22 bits per heavy atom. The van der Waals surface area contributed by atoms with Crippen molar-refractivity contribution in [3.8, 4) is 29.9 Å². The van der Waals surface area contributed by atoms with Crippen molar-refractivity contribution in [1.82, 2.24) is 9.55 Å². The minimum Gasteiger partial charge on any atom is -0.490 e. The second-order valence-electron chi connectivity index (χ2n) is 5.78. The Morgan fingerprint density at radius 3 is 2.74 bits per heavy atom. The van der Waals surface area contributed by atoms with Crippen molar-refractivity contribution in [2.45, 2.75) is 6.92 Å². The average molecular weight is 357 g/mol. The van der Waals surface area contributed by atoms with Gasteiger partial charge in [0.1, 0.15) is 12.7 Å². The van der Waals surface area contributed by atoms with Crippen LogP contribution in [0.5, 0.6) is 11.5 Å². The number of aromatic nitrogens is 2. The number of rotatable bonds is 6. The fraction of sp³-hybridized carbons (Fsp3) is 0.182. The van der Waals surface area contributed by atoms with Crippen molar-refractivity contribution < 1.29 is 9.47 Å². The van der Waals surface area contributed by atoms with Crippen LogP contribution in [0.2, 0.25) is 0 Å². The second-order valence-corrected chi connectivity index (χ2v) is 5.78. The highest BCUT2D eigenvalue weighted by molar-refractivity contribution is 5.91. The predicted molar refractivity (Wildman–Crippen MR) is 106 cm³/mol. The smallest absolute Gasteiger partial charge is 0.162 e. The fourth-order valence-electron chi connectivity index (χ4n) is 2.82. The van der Waals surface area contributed by atoms with Crippen LogP contribution in [-0.4, -0.2) is 22.8 Å². The van der Waals surface area contributed by atoms with E-state index in [1.54, 1.807) is 12.1 Å². The molecule has 0 bridgehead atoms. The molecule has 5 heteroatoms. The number of fused-ring (bicyclic) bond motifs is 1. The molecule has 1 heterocycles. The lowest BCUT2D eigenvalue weighted by Crippen LogP contribution is -1.99. The Kier molecular flexibility index (Phi) is 5.44. The van der Waals surface area contributed by atoms with E-state index in [-0.39, 0.29) is 6.61 Å². The van der Waals surface area contributed by atoms with E-state index in [4.69, 9.17) is 15.9 Å². The maximum Gasteiger partial charge on any atom is 0.162 e. The summed E-state index contributed by atoms with van der Waals surface area (Å²) in [6, 6.07) is 15.5. The molecule has 0 atom stereocenters. The number of aryl methyl sites for hydroxylation is 1. The number of imidazole rings is 1. The van der Waals surface area contributed by atoms with Gasteiger partial charge in [0.25, 0.3) is 0 Å². The van der Waals surface area contributed by atoms with Gasteiger partial charge in [-0.1, -0.05) is 24.1 Å². The maximum absolute atomic E-state index is 9.68. The molecule has 0 amide bonds. The largest absolute Gasteiger partial charge is 0.490 e. The van der Waals surface area contributed by atoms with Crippen LogP contribution >= 0.6 is 0 Å². The molecule has 0 aliphatic heterocycles. The Bertz CT molecular complexity index is 1080. The van der Waals surface area contributed by atoms with Crippen LogP contribution in [0, 0.1) is 23.7 Å². The molecule has 0 N–H and O–H groups in total. The highest BCUT2D eigenvalue weighted by atomic mass is 16.5. The number of nitrogens with zero attached hydrogens (tertiary/aromatic N) is 3. The number of ether oxygens (including phenoxy) is 2. The molecule has 5 nitrogen and oxygen atoms in total. The summed E-state index contributed by atoms with van der Waals surface area (Å²) < 4.78 is 13.1. The van der Waals surface area contributed by atoms with Gasteiger partial charge < -0.3 is 14.0 Å². The summed E-state index contributed by atoms with van der Waals surface area (Å²) in [5.74, 6) is 4.22. The number of benzene rings is 2. The molecule has 0 radical (unpaired) electrons. The zero-order valence-electron chi connectivity index (χ0n) is 15.3. The van der Waals surface area contributed by atoms with Crippen LogP contribution in [0.25, 0.3) is 22.7 Å². The fourth-order valence-corrected chi connectivity index (χ4v) is 2.82. The average Bonchev–Trinajstić information content (AvgIpc) is 3.02. The molecular weight excluding hydrogens is 338 g/mol. The molecule has 0 saturated heterocycles. The second kappa shape index (κ2) is 8.12. The topological polar surface area (TPSA) is 60.1 Å². The molecule has 0 aliphatic carbocycles.